The Morgan fingerprint density at radius 1 is 1.11 bits per heavy atom. The number of aromatic nitrogens is 1. The minimum Gasteiger partial charge on any atom is -0.380 e. The Kier molecular flexibility index (Phi) is 3.73. The van der Waals surface area contributed by atoms with Crippen molar-refractivity contribution in [3.8, 4) is 0 Å². The van der Waals surface area contributed by atoms with Gasteiger partial charge in [-0.15, -0.1) is 0 Å². The van der Waals surface area contributed by atoms with E-state index in [4.69, 9.17) is 0 Å². The fourth-order valence-corrected chi connectivity index (χ4v) is 2.40. The predicted molar refractivity (Wildman–Crippen MR) is 59.1 cm³/mol. The van der Waals surface area contributed by atoms with Crippen LogP contribution in [0.4, 0.5) is 23.2 Å². The molecule has 1 saturated carbocycles. The molecule has 0 aromatic carbocycles. The fourth-order valence-electron chi connectivity index (χ4n) is 2.40. The molecule has 1 aromatic rings. The molecule has 1 aliphatic carbocycles. The van der Waals surface area contributed by atoms with E-state index in [1.165, 1.54) is 0 Å². The molecule has 2 rings (SSSR count). The number of anilines is 1. The second kappa shape index (κ2) is 5.12. The van der Waals surface area contributed by atoms with Gasteiger partial charge in [0.2, 0.25) is 11.6 Å². The molecule has 6 heteroatoms. The van der Waals surface area contributed by atoms with E-state index >= 15 is 0 Å². The van der Waals surface area contributed by atoms with Crippen LogP contribution in [0.15, 0.2) is 0 Å². The molecule has 1 fully saturated rings. The molecule has 2 nitrogen and oxygen atoms in total. The van der Waals surface area contributed by atoms with Crippen LogP contribution in [-0.2, 0) is 0 Å². The van der Waals surface area contributed by atoms with Crippen molar-refractivity contribution >= 4 is 5.69 Å². The van der Waals surface area contributed by atoms with Crippen LogP contribution in [0.1, 0.15) is 26.2 Å². The zero-order valence-corrected chi connectivity index (χ0v) is 9.94. The van der Waals surface area contributed by atoms with Crippen LogP contribution in [0.25, 0.3) is 0 Å². The minimum absolute atomic E-state index is 0.276. The first-order chi connectivity index (χ1) is 8.49. The van der Waals surface area contributed by atoms with Gasteiger partial charge in [0.15, 0.2) is 0 Å². The lowest BCUT2D eigenvalue weighted by Crippen LogP contribution is -2.15. The van der Waals surface area contributed by atoms with Gasteiger partial charge in [-0.05, 0) is 24.7 Å². The number of hydrogen-bond donors (Lipinski definition) is 1. The van der Waals surface area contributed by atoms with Crippen LogP contribution in [0.3, 0.4) is 0 Å². The van der Waals surface area contributed by atoms with Gasteiger partial charge in [-0.2, -0.15) is 22.5 Å². The normalized spacial score (nSPS) is 23.4. The van der Waals surface area contributed by atoms with Gasteiger partial charge in [-0.3, -0.25) is 0 Å². The van der Waals surface area contributed by atoms with Crippen LogP contribution < -0.4 is 5.32 Å². The summed E-state index contributed by atoms with van der Waals surface area (Å²) in [5.74, 6) is -5.34. The van der Waals surface area contributed by atoms with Crippen LogP contribution in [0.2, 0.25) is 0 Å². The maximum absolute atomic E-state index is 13.3. The second-order valence-corrected chi connectivity index (χ2v) is 4.86. The van der Waals surface area contributed by atoms with E-state index in [0.29, 0.717) is 12.5 Å². The third-order valence-electron chi connectivity index (χ3n) is 3.37. The molecule has 100 valence electrons. The van der Waals surface area contributed by atoms with Crippen molar-refractivity contribution in [3.05, 3.63) is 23.5 Å². The van der Waals surface area contributed by atoms with Gasteiger partial charge in [-0.25, -0.2) is 0 Å². The molecule has 0 saturated heterocycles. The van der Waals surface area contributed by atoms with Crippen molar-refractivity contribution in [2.24, 2.45) is 11.8 Å². The lowest BCUT2D eigenvalue weighted by atomic mass is 10.1. The average molecular weight is 262 g/mol. The lowest BCUT2D eigenvalue weighted by Gasteiger charge is -2.13. The van der Waals surface area contributed by atoms with Gasteiger partial charge in [0.25, 0.3) is 11.9 Å². The van der Waals surface area contributed by atoms with Gasteiger partial charge in [0.1, 0.15) is 5.69 Å². The average Bonchev–Trinajstić information content (AvgIpc) is 2.73. The highest BCUT2D eigenvalue weighted by molar-refractivity contribution is 5.45. The molecule has 1 aromatic heterocycles. The first-order valence-corrected chi connectivity index (χ1v) is 5.93. The van der Waals surface area contributed by atoms with Gasteiger partial charge in [-0.1, -0.05) is 13.3 Å². The minimum atomic E-state index is -1.63. The highest BCUT2D eigenvalue weighted by atomic mass is 19.2. The number of nitrogens with one attached hydrogen (secondary N) is 1. The summed E-state index contributed by atoms with van der Waals surface area (Å²) in [6, 6.07) is 0. The van der Waals surface area contributed by atoms with E-state index in [1.807, 2.05) is 0 Å². The van der Waals surface area contributed by atoms with Gasteiger partial charge < -0.3 is 5.32 Å². The molecule has 18 heavy (non-hydrogen) atoms. The third kappa shape index (κ3) is 2.57. The van der Waals surface area contributed by atoms with E-state index in [1.54, 1.807) is 0 Å². The smallest absolute Gasteiger partial charge is 0.253 e. The molecule has 0 radical (unpaired) electrons. The first-order valence-electron chi connectivity index (χ1n) is 5.93. The number of pyridine rings is 1. The van der Waals surface area contributed by atoms with E-state index in [-0.39, 0.29) is 5.92 Å². The highest BCUT2D eigenvalue weighted by Crippen LogP contribution is 2.31. The van der Waals surface area contributed by atoms with Crippen LogP contribution in [0.5, 0.6) is 0 Å². The Morgan fingerprint density at radius 2 is 1.72 bits per heavy atom. The number of nitrogens with zero attached hydrogens (tertiary/aromatic N) is 1. The number of hydrogen-bond acceptors (Lipinski definition) is 2. The predicted octanol–water partition coefficient (Wildman–Crippen LogP) is 3.49. The number of halogens is 4. The zero-order valence-electron chi connectivity index (χ0n) is 9.94. The molecule has 2 atom stereocenters. The summed E-state index contributed by atoms with van der Waals surface area (Å²) in [5.41, 5.74) is -0.764. The Hall–Kier alpha value is -1.33. The molecule has 1 aliphatic rings. The summed E-state index contributed by atoms with van der Waals surface area (Å²) in [5, 5.41) is 2.46. The standard InChI is InChI=1S/C12H14F4N2/c1-6-2-3-7(4-6)5-17-10-8(13)11(15)18-12(16)9(10)14/h6-7H,2-5H2,1H3,(H,17,18). The van der Waals surface area contributed by atoms with Crippen molar-refractivity contribution in [2.75, 3.05) is 11.9 Å². The Balaban J connectivity index is 2.09. The summed E-state index contributed by atoms with van der Waals surface area (Å²) in [7, 11) is 0. The van der Waals surface area contributed by atoms with E-state index in [2.05, 4.69) is 17.2 Å². The summed E-state index contributed by atoms with van der Waals surface area (Å²) in [4.78, 5) is 2.50. The topological polar surface area (TPSA) is 24.9 Å². The molecular formula is C12H14F4N2. The maximum Gasteiger partial charge on any atom is 0.253 e. The largest absolute Gasteiger partial charge is 0.380 e. The first kappa shape index (κ1) is 13.1. The monoisotopic (exact) mass is 262 g/mol. The summed E-state index contributed by atoms with van der Waals surface area (Å²) < 4.78 is 52.3. The van der Waals surface area contributed by atoms with Crippen molar-refractivity contribution in [1.82, 2.24) is 4.98 Å². The SMILES string of the molecule is CC1CCC(CNc2c(F)c(F)nc(F)c2F)C1. The zero-order chi connectivity index (χ0) is 13.3. The summed E-state index contributed by atoms with van der Waals surface area (Å²) >= 11 is 0. The Morgan fingerprint density at radius 3 is 2.22 bits per heavy atom. The molecule has 0 aliphatic heterocycles. The quantitative estimate of drug-likeness (QED) is 0.666. The van der Waals surface area contributed by atoms with E-state index < -0.39 is 29.2 Å². The van der Waals surface area contributed by atoms with Gasteiger partial charge in [0, 0.05) is 6.54 Å². The van der Waals surface area contributed by atoms with E-state index in [9.17, 15) is 17.6 Å². The van der Waals surface area contributed by atoms with Crippen molar-refractivity contribution in [3.63, 3.8) is 0 Å². The molecular weight excluding hydrogens is 248 g/mol. The van der Waals surface area contributed by atoms with Gasteiger partial charge >= 0.3 is 0 Å². The van der Waals surface area contributed by atoms with Crippen LogP contribution in [-0.4, -0.2) is 11.5 Å². The molecule has 0 amide bonds. The Bertz CT molecular complexity index is 424. The highest BCUT2D eigenvalue weighted by Gasteiger charge is 2.24. The number of rotatable bonds is 3. The van der Waals surface area contributed by atoms with Crippen LogP contribution in [0, 0.1) is 35.4 Å². The lowest BCUT2D eigenvalue weighted by molar-refractivity contribution is 0.409. The molecule has 2 unspecified atom stereocenters. The third-order valence-corrected chi connectivity index (χ3v) is 3.37. The van der Waals surface area contributed by atoms with Crippen molar-refractivity contribution < 1.29 is 17.6 Å². The maximum atomic E-state index is 13.3. The Labute approximate surface area is 102 Å². The fraction of sp³-hybridized carbons (Fsp3) is 0.583. The van der Waals surface area contributed by atoms with Crippen molar-refractivity contribution in [2.45, 2.75) is 26.2 Å². The molecule has 0 spiro atoms. The molecule has 0 bridgehead atoms. The summed E-state index contributed by atoms with van der Waals surface area (Å²) in [6.07, 6.45) is 2.97. The van der Waals surface area contributed by atoms with Crippen molar-refractivity contribution in [1.29, 1.82) is 0 Å². The molecule has 1 N–H and O–H groups in total. The van der Waals surface area contributed by atoms with E-state index in [0.717, 1.165) is 19.3 Å². The second-order valence-electron chi connectivity index (χ2n) is 4.86. The summed E-state index contributed by atoms with van der Waals surface area (Å²) in [6.45, 7) is 2.41. The molecule has 1 heterocycles. The van der Waals surface area contributed by atoms with Crippen LogP contribution >= 0.6 is 0 Å². The van der Waals surface area contributed by atoms with Gasteiger partial charge in [0.05, 0.1) is 0 Å².